The molecule has 102 valence electrons. The van der Waals surface area contributed by atoms with Crippen LogP contribution in [-0.4, -0.2) is 10.9 Å². The predicted molar refractivity (Wildman–Crippen MR) is 89.4 cm³/mol. The fraction of sp³-hybridized carbons (Fsp3) is 0. The highest BCUT2D eigenvalue weighted by atomic mass is 79.9. The number of nitrogens with one attached hydrogen (secondary N) is 1. The number of thiocarbonyl (C=S) groups is 1. The molecule has 3 nitrogen and oxygen atoms in total. The van der Waals surface area contributed by atoms with Crippen LogP contribution < -0.4 is 11.1 Å². The van der Waals surface area contributed by atoms with E-state index >= 15 is 0 Å². The lowest BCUT2D eigenvalue weighted by atomic mass is 10.1. The Morgan fingerprint density at radius 1 is 1.15 bits per heavy atom. The third-order valence-electron chi connectivity index (χ3n) is 2.64. The molecule has 0 spiro atoms. The fourth-order valence-corrected chi connectivity index (χ4v) is 2.43. The standard InChI is InChI=1S/C14H10BrClN2OS/c15-10-6-3-5-9(12(10)16)14(19)18-11-7-2-1-4-8(11)13(17)20/h1-7H,(H2,17,20)(H,18,19). The van der Waals surface area contributed by atoms with Crippen LogP contribution in [0.4, 0.5) is 5.69 Å². The van der Waals surface area contributed by atoms with E-state index in [2.05, 4.69) is 21.2 Å². The van der Waals surface area contributed by atoms with Gasteiger partial charge in [0.1, 0.15) is 4.99 Å². The number of nitrogens with two attached hydrogens (primary N) is 1. The molecule has 0 heterocycles. The zero-order chi connectivity index (χ0) is 14.7. The molecular weight excluding hydrogens is 360 g/mol. The molecule has 20 heavy (non-hydrogen) atoms. The molecule has 3 N–H and O–H groups in total. The van der Waals surface area contributed by atoms with Crippen molar-refractivity contribution in [2.75, 3.05) is 5.32 Å². The Morgan fingerprint density at radius 2 is 1.80 bits per heavy atom. The molecule has 0 aliphatic rings. The van der Waals surface area contributed by atoms with E-state index in [9.17, 15) is 4.79 Å². The summed E-state index contributed by atoms with van der Waals surface area (Å²) >= 11 is 14.3. The minimum absolute atomic E-state index is 0.223. The molecule has 0 atom stereocenters. The topological polar surface area (TPSA) is 55.1 Å². The molecule has 6 heteroatoms. The second-order valence-corrected chi connectivity index (χ2v) is 5.64. The Kier molecular flexibility index (Phi) is 4.75. The van der Waals surface area contributed by atoms with Gasteiger partial charge in [-0.2, -0.15) is 0 Å². The van der Waals surface area contributed by atoms with Gasteiger partial charge in [-0.25, -0.2) is 0 Å². The van der Waals surface area contributed by atoms with Crippen molar-refractivity contribution in [1.82, 2.24) is 0 Å². The number of hydrogen-bond acceptors (Lipinski definition) is 2. The molecule has 2 rings (SSSR count). The summed E-state index contributed by atoms with van der Waals surface area (Å²) in [5.41, 5.74) is 7.17. The second kappa shape index (κ2) is 6.35. The summed E-state index contributed by atoms with van der Waals surface area (Å²) in [6.07, 6.45) is 0. The number of anilines is 1. The Morgan fingerprint density at radius 3 is 2.50 bits per heavy atom. The maximum Gasteiger partial charge on any atom is 0.257 e. The van der Waals surface area contributed by atoms with Gasteiger partial charge in [-0.15, -0.1) is 0 Å². The van der Waals surface area contributed by atoms with Crippen LogP contribution in [0.1, 0.15) is 15.9 Å². The van der Waals surface area contributed by atoms with E-state index in [1.807, 2.05) is 0 Å². The summed E-state index contributed by atoms with van der Waals surface area (Å²) in [7, 11) is 0. The van der Waals surface area contributed by atoms with Gasteiger partial charge >= 0.3 is 0 Å². The van der Waals surface area contributed by atoms with Gasteiger partial charge in [-0.05, 0) is 40.2 Å². The van der Waals surface area contributed by atoms with Crippen LogP contribution in [0, 0.1) is 0 Å². The number of hydrogen-bond donors (Lipinski definition) is 2. The smallest absolute Gasteiger partial charge is 0.257 e. The summed E-state index contributed by atoms with van der Waals surface area (Å²) in [5.74, 6) is -0.319. The first kappa shape index (κ1) is 15.0. The highest BCUT2D eigenvalue weighted by molar-refractivity contribution is 9.10. The summed E-state index contributed by atoms with van der Waals surface area (Å²) in [6.45, 7) is 0. The summed E-state index contributed by atoms with van der Waals surface area (Å²) < 4.78 is 0.662. The monoisotopic (exact) mass is 368 g/mol. The van der Waals surface area contributed by atoms with Gasteiger partial charge in [0.25, 0.3) is 5.91 Å². The molecular formula is C14H10BrClN2OS. The zero-order valence-electron chi connectivity index (χ0n) is 10.2. The first-order valence-electron chi connectivity index (χ1n) is 5.65. The molecule has 0 aliphatic heterocycles. The van der Waals surface area contributed by atoms with E-state index in [1.165, 1.54) is 0 Å². The maximum atomic E-state index is 12.3. The number of carbonyl (C=O) groups is 1. The number of para-hydroxylation sites is 1. The quantitative estimate of drug-likeness (QED) is 0.804. The Labute approximate surface area is 135 Å². The minimum atomic E-state index is -0.319. The van der Waals surface area contributed by atoms with Crippen LogP contribution in [0.25, 0.3) is 0 Å². The Hall–Kier alpha value is -1.43. The zero-order valence-corrected chi connectivity index (χ0v) is 13.3. The Bertz CT molecular complexity index is 691. The number of carbonyl (C=O) groups excluding carboxylic acids is 1. The molecule has 0 bridgehead atoms. The highest BCUT2D eigenvalue weighted by Gasteiger charge is 2.14. The molecule has 2 aromatic rings. The minimum Gasteiger partial charge on any atom is -0.389 e. The van der Waals surface area contributed by atoms with Crippen LogP contribution in [-0.2, 0) is 0 Å². The number of halogens is 2. The lowest BCUT2D eigenvalue weighted by Gasteiger charge is -2.11. The number of amides is 1. The van der Waals surface area contributed by atoms with Gasteiger partial charge < -0.3 is 11.1 Å². The van der Waals surface area contributed by atoms with Crippen molar-refractivity contribution in [2.45, 2.75) is 0 Å². The first-order valence-corrected chi connectivity index (χ1v) is 7.23. The highest BCUT2D eigenvalue weighted by Crippen LogP contribution is 2.27. The van der Waals surface area contributed by atoms with E-state index in [0.717, 1.165) is 0 Å². The van der Waals surface area contributed by atoms with Crippen LogP contribution >= 0.6 is 39.7 Å². The molecule has 0 radical (unpaired) electrons. The van der Waals surface area contributed by atoms with Gasteiger partial charge in [0.15, 0.2) is 0 Å². The van der Waals surface area contributed by atoms with E-state index in [4.69, 9.17) is 29.6 Å². The molecule has 2 aromatic carbocycles. The van der Waals surface area contributed by atoms with Gasteiger partial charge in [0.05, 0.1) is 16.3 Å². The fourth-order valence-electron chi connectivity index (χ4n) is 1.68. The van der Waals surface area contributed by atoms with Crippen molar-refractivity contribution in [3.8, 4) is 0 Å². The summed E-state index contributed by atoms with van der Waals surface area (Å²) in [5, 5.41) is 3.12. The van der Waals surface area contributed by atoms with Crippen molar-refractivity contribution >= 4 is 56.3 Å². The SMILES string of the molecule is NC(=S)c1ccccc1NC(=O)c1cccc(Br)c1Cl. The third-order valence-corrected chi connectivity index (χ3v) is 4.15. The molecule has 0 fully saturated rings. The van der Waals surface area contributed by atoms with Crippen molar-refractivity contribution in [3.63, 3.8) is 0 Å². The number of benzene rings is 2. The van der Waals surface area contributed by atoms with Crippen molar-refractivity contribution in [3.05, 3.63) is 63.1 Å². The molecule has 0 saturated heterocycles. The average molecular weight is 370 g/mol. The Balaban J connectivity index is 2.33. The normalized spacial score (nSPS) is 10.1. The van der Waals surface area contributed by atoms with E-state index in [-0.39, 0.29) is 10.9 Å². The lowest BCUT2D eigenvalue weighted by Crippen LogP contribution is -2.17. The van der Waals surface area contributed by atoms with Crippen LogP contribution in [0.15, 0.2) is 46.9 Å². The summed E-state index contributed by atoms with van der Waals surface area (Å²) in [4.78, 5) is 12.5. The average Bonchev–Trinajstić information content (AvgIpc) is 2.42. The van der Waals surface area contributed by atoms with Gasteiger partial charge in [0, 0.05) is 10.0 Å². The van der Waals surface area contributed by atoms with E-state index in [1.54, 1.807) is 42.5 Å². The third kappa shape index (κ3) is 3.17. The molecule has 0 aliphatic carbocycles. The van der Waals surface area contributed by atoms with Gasteiger partial charge in [0.2, 0.25) is 0 Å². The molecule has 0 aromatic heterocycles. The van der Waals surface area contributed by atoms with Crippen LogP contribution in [0.2, 0.25) is 5.02 Å². The van der Waals surface area contributed by atoms with Crippen molar-refractivity contribution < 1.29 is 4.79 Å². The molecule has 1 amide bonds. The molecule has 0 saturated carbocycles. The van der Waals surface area contributed by atoms with Gasteiger partial charge in [-0.3, -0.25) is 4.79 Å². The number of rotatable bonds is 3. The van der Waals surface area contributed by atoms with Crippen molar-refractivity contribution in [2.24, 2.45) is 5.73 Å². The maximum absolute atomic E-state index is 12.3. The van der Waals surface area contributed by atoms with Crippen molar-refractivity contribution in [1.29, 1.82) is 0 Å². The largest absolute Gasteiger partial charge is 0.389 e. The molecule has 0 unspecified atom stereocenters. The first-order chi connectivity index (χ1) is 9.50. The lowest BCUT2D eigenvalue weighted by molar-refractivity contribution is 0.102. The summed E-state index contributed by atoms with van der Waals surface area (Å²) in [6, 6.07) is 12.2. The second-order valence-electron chi connectivity index (χ2n) is 3.97. The van der Waals surface area contributed by atoms with Crippen LogP contribution in [0.5, 0.6) is 0 Å². The van der Waals surface area contributed by atoms with Crippen LogP contribution in [0.3, 0.4) is 0 Å². The van der Waals surface area contributed by atoms with E-state index in [0.29, 0.717) is 26.3 Å². The predicted octanol–water partition coefficient (Wildman–Crippen LogP) is 3.99. The van der Waals surface area contributed by atoms with E-state index < -0.39 is 0 Å². The van der Waals surface area contributed by atoms with Gasteiger partial charge in [-0.1, -0.05) is 42.0 Å².